The quantitative estimate of drug-likeness (QED) is 0.572. The van der Waals surface area contributed by atoms with Crippen LogP contribution in [0.15, 0.2) is 59.8 Å². The molecule has 0 atom stereocenters. The van der Waals surface area contributed by atoms with Gasteiger partial charge in [-0.1, -0.05) is 42.1 Å². The van der Waals surface area contributed by atoms with Crippen LogP contribution in [-0.4, -0.2) is 68.3 Å². The molecule has 0 radical (unpaired) electrons. The number of nitrogens with zero attached hydrogens (tertiary/aromatic N) is 5. The third-order valence-electron chi connectivity index (χ3n) is 5.15. The maximum Gasteiger partial charge on any atom is 0.233 e. The first-order valence-corrected chi connectivity index (χ1v) is 10.9. The van der Waals surface area contributed by atoms with Gasteiger partial charge in [-0.05, 0) is 24.3 Å². The number of aromatic nitrogens is 3. The maximum atomic E-state index is 13.5. The minimum absolute atomic E-state index is 0.0110. The van der Waals surface area contributed by atoms with Crippen LogP contribution in [0.5, 0.6) is 0 Å². The Labute approximate surface area is 183 Å². The normalized spacial score (nSPS) is 14.0. The molecule has 1 saturated heterocycles. The van der Waals surface area contributed by atoms with Gasteiger partial charge in [0, 0.05) is 44.4 Å². The molecule has 0 aliphatic carbocycles. The van der Waals surface area contributed by atoms with Gasteiger partial charge in [-0.3, -0.25) is 14.2 Å². The Hall–Kier alpha value is -3.20. The second-order valence-electron chi connectivity index (χ2n) is 7.16. The minimum atomic E-state index is -0.327. The van der Waals surface area contributed by atoms with Crippen molar-refractivity contribution in [2.45, 2.75) is 12.1 Å². The Balaban J connectivity index is 1.53. The topological polar surface area (TPSA) is 71.3 Å². The van der Waals surface area contributed by atoms with Crippen LogP contribution in [-0.2, 0) is 9.59 Å². The van der Waals surface area contributed by atoms with Crippen LogP contribution in [0.1, 0.15) is 6.92 Å². The number of piperazine rings is 1. The van der Waals surface area contributed by atoms with Gasteiger partial charge in [0.05, 0.1) is 5.75 Å². The van der Waals surface area contributed by atoms with Crippen molar-refractivity contribution in [3.05, 3.63) is 60.4 Å². The molecule has 9 heteroatoms. The van der Waals surface area contributed by atoms with Crippen molar-refractivity contribution >= 4 is 23.6 Å². The third kappa shape index (κ3) is 4.77. The molecule has 4 rings (SSSR count). The second-order valence-corrected chi connectivity index (χ2v) is 8.10. The lowest BCUT2D eigenvalue weighted by Crippen LogP contribution is -2.50. The van der Waals surface area contributed by atoms with Gasteiger partial charge in [-0.15, -0.1) is 10.2 Å². The molecule has 0 bridgehead atoms. The molecule has 1 aromatic heterocycles. The van der Waals surface area contributed by atoms with Gasteiger partial charge >= 0.3 is 0 Å². The average molecular weight is 440 g/mol. The van der Waals surface area contributed by atoms with Crippen molar-refractivity contribution in [2.75, 3.05) is 31.9 Å². The number of carbonyl (C=O) groups is 2. The summed E-state index contributed by atoms with van der Waals surface area (Å²) in [6.07, 6.45) is 0. The lowest BCUT2D eigenvalue weighted by atomic mass is 10.2. The fourth-order valence-electron chi connectivity index (χ4n) is 3.45. The maximum absolute atomic E-state index is 13.5. The minimum Gasteiger partial charge on any atom is -0.339 e. The molecule has 2 heterocycles. The van der Waals surface area contributed by atoms with E-state index in [0.717, 1.165) is 11.3 Å². The summed E-state index contributed by atoms with van der Waals surface area (Å²) >= 11 is 1.29. The summed E-state index contributed by atoms with van der Waals surface area (Å²) in [6.45, 7) is 3.70. The van der Waals surface area contributed by atoms with Gasteiger partial charge in [0.15, 0.2) is 11.0 Å². The number of benzene rings is 2. The van der Waals surface area contributed by atoms with Gasteiger partial charge in [0.2, 0.25) is 11.8 Å². The van der Waals surface area contributed by atoms with E-state index in [9.17, 15) is 14.0 Å². The zero-order valence-corrected chi connectivity index (χ0v) is 17.9. The molecule has 160 valence electrons. The summed E-state index contributed by atoms with van der Waals surface area (Å²) in [7, 11) is 0. The fourth-order valence-corrected chi connectivity index (χ4v) is 4.30. The molecular weight excluding hydrogens is 417 g/mol. The zero-order valence-electron chi connectivity index (χ0n) is 17.1. The van der Waals surface area contributed by atoms with E-state index in [-0.39, 0.29) is 23.4 Å². The molecule has 0 N–H and O–H groups in total. The number of rotatable bonds is 5. The summed E-state index contributed by atoms with van der Waals surface area (Å²) in [4.78, 5) is 27.7. The number of thioether (sulfide) groups is 1. The van der Waals surface area contributed by atoms with Crippen molar-refractivity contribution < 1.29 is 14.0 Å². The Bertz CT molecular complexity index is 1060. The van der Waals surface area contributed by atoms with Crippen LogP contribution in [0, 0.1) is 5.82 Å². The molecule has 31 heavy (non-hydrogen) atoms. The van der Waals surface area contributed by atoms with Gasteiger partial charge in [-0.2, -0.15) is 0 Å². The number of amides is 2. The zero-order chi connectivity index (χ0) is 21.8. The van der Waals surface area contributed by atoms with Crippen LogP contribution >= 0.6 is 11.8 Å². The van der Waals surface area contributed by atoms with E-state index in [1.54, 1.807) is 28.9 Å². The number of hydrogen-bond donors (Lipinski definition) is 0. The Morgan fingerprint density at radius 3 is 2.23 bits per heavy atom. The highest BCUT2D eigenvalue weighted by atomic mass is 32.2. The first-order valence-electron chi connectivity index (χ1n) is 9.96. The molecule has 0 spiro atoms. The number of halogens is 1. The highest BCUT2D eigenvalue weighted by molar-refractivity contribution is 7.99. The summed E-state index contributed by atoms with van der Waals surface area (Å²) in [5.74, 6) is 0.517. The SMILES string of the molecule is CC(=O)N1CCN(C(=O)CSc2nnc(-c3ccccc3)n2-c2ccc(F)cc2)CC1. The van der Waals surface area contributed by atoms with E-state index >= 15 is 0 Å². The Kier molecular flexibility index (Phi) is 6.31. The standard InChI is InChI=1S/C22H22FN5O2S/c1-16(29)26-11-13-27(14-12-26)20(30)15-31-22-25-24-21(17-5-3-2-4-6-17)28(22)19-9-7-18(23)8-10-19/h2-10H,11-15H2,1H3. The molecule has 2 aromatic carbocycles. The van der Waals surface area contributed by atoms with E-state index < -0.39 is 0 Å². The van der Waals surface area contributed by atoms with Gasteiger partial charge in [0.1, 0.15) is 5.82 Å². The third-order valence-corrected chi connectivity index (χ3v) is 6.07. The molecule has 0 unspecified atom stereocenters. The smallest absolute Gasteiger partial charge is 0.233 e. The van der Waals surface area contributed by atoms with Crippen LogP contribution in [0.25, 0.3) is 17.1 Å². The van der Waals surface area contributed by atoms with Crippen molar-refractivity contribution in [1.82, 2.24) is 24.6 Å². The second kappa shape index (κ2) is 9.30. The molecule has 2 amide bonds. The molecule has 3 aromatic rings. The van der Waals surface area contributed by atoms with Crippen molar-refractivity contribution in [2.24, 2.45) is 0 Å². The molecular formula is C22H22FN5O2S. The van der Waals surface area contributed by atoms with Crippen LogP contribution in [0.2, 0.25) is 0 Å². The highest BCUT2D eigenvalue weighted by Crippen LogP contribution is 2.28. The molecule has 7 nitrogen and oxygen atoms in total. The van der Waals surface area contributed by atoms with Crippen molar-refractivity contribution in [3.8, 4) is 17.1 Å². The average Bonchev–Trinajstić information content (AvgIpc) is 3.22. The summed E-state index contributed by atoms with van der Waals surface area (Å²) in [5, 5.41) is 9.19. The molecule has 1 aliphatic heterocycles. The van der Waals surface area contributed by atoms with Gasteiger partial charge in [0.25, 0.3) is 0 Å². The predicted octanol–water partition coefficient (Wildman–Crippen LogP) is 2.86. The Morgan fingerprint density at radius 2 is 1.58 bits per heavy atom. The van der Waals surface area contributed by atoms with Crippen LogP contribution in [0.3, 0.4) is 0 Å². The molecule has 1 fully saturated rings. The highest BCUT2D eigenvalue weighted by Gasteiger charge is 2.23. The van der Waals surface area contributed by atoms with Crippen molar-refractivity contribution in [3.63, 3.8) is 0 Å². The van der Waals surface area contributed by atoms with E-state index in [2.05, 4.69) is 10.2 Å². The fraction of sp³-hybridized carbons (Fsp3) is 0.273. The number of carbonyl (C=O) groups excluding carboxylic acids is 2. The van der Waals surface area contributed by atoms with Gasteiger partial charge < -0.3 is 9.80 Å². The van der Waals surface area contributed by atoms with E-state index in [0.29, 0.717) is 37.2 Å². The predicted molar refractivity (Wildman–Crippen MR) is 116 cm³/mol. The summed E-state index contributed by atoms with van der Waals surface area (Å²) < 4.78 is 15.3. The van der Waals surface area contributed by atoms with Crippen LogP contribution in [0.4, 0.5) is 4.39 Å². The number of hydrogen-bond acceptors (Lipinski definition) is 5. The monoisotopic (exact) mass is 439 g/mol. The first-order chi connectivity index (χ1) is 15.0. The van der Waals surface area contributed by atoms with Gasteiger partial charge in [-0.25, -0.2) is 4.39 Å². The van der Waals surface area contributed by atoms with E-state index in [1.165, 1.54) is 23.9 Å². The summed E-state index contributed by atoms with van der Waals surface area (Å²) in [5.41, 5.74) is 1.59. The van der Waals surface area contributed by atoms with E-state index in [1.807, 2.05) is 34.9 Å². The lowest BCUT2D eigenvalue weighted by molar-refractivity contribution is -0.136. The summed E-state index contributed by atoms with van der Waals surface area (Å²) in [6, 6.07) is 15.7. The van der Waals surface area contributed by atoms with Crippen LogP contribution < -0.4 is 0 Å². The Morgan fingerprint density at radius 1 is 0.935 bits per heavy atom. The van der Waals surface area contributed by atoms with Crippen molar-refractivity contribution in [1.29, 1.82) is 0 Å². The first kappa shape index (κ1) is 21.0. The van der Waals surface area contributed by atoms with E-state index in [4.69, 9.17) is 0 Å². The molecule has 0 saturated carbocycles. The lowest BCUT2D eigenvalue weighted by Gasteiger charge is -2.34. The molecule has 1 aliphatic rings. The largest absolute Gasteiger partial charge is 0.339 e.